The van der Waals surface area contributed by atoms with Crippen molar-refractivity contribution in [3.05, 3.63) is 59.1 Å². The average Bonchev–Trinajstić information content (AvgIpc) is 2.65. The average molecular weight is 374 g/mol. The summed E-state index contributed by atoms with van der Waals surface area (Å²) in [6.07, 6.45) is 1.86. The molecule has 0 aliphatic carbocycles. The first kappa shape index (κ1) is 18.5. The highest BCUT2D eigenvalue weighted by Gasteiger charge is 2.21. The van der Waals surface area contributed by atoms with Gasteiger partial charge in [-0.1, -0.05) is 23.7 Å². The van der Waals surface area contributed by atoms with Crippen LogP contribution in [-0.2, 0) is 0 Å². The van der Waals surface area contributed by atoms with E-state index in [1.807, 2.05) is 36.4 Å². The van der Waals surface area contributed by atoms with Gasteiger partial charge in [0.05, 0.1) is 5.56 Å². The van der Waals surface area contributed by atoms with Crippen LogP contribution in [0.5, 0.6) is 5.75 Å². The zero-order valence-corrected chi connectivity index (χ0v) is 15.4. The Morgan fingerprint density at radius 1 is 1.15 bits per heavy atom. The van der Waals surface area contributed by atoms with Crippen LogP contribution in [0.25, 0.3) is 0 Å². The molecule has 0 aromatic heterocycles. The standard InChI is InChI=1S/C20H24ClN3O2/c21-15-5-7-17(8-6-15)26-14-13-24-11-9-16(10-12-24)23-20(25)18-3-1-2-4-19(18)22/h1-8,16H,9-14,22H2,(H,23,25). The second-order valence-corrected chi connectivity index (χ2v) is 6.92. The molecule has 3 rings (SSSR count). The number of nitrogens with zero attached hydrogens (tertiary/aromatic N) is 1. The number of carbonyl (C=O) groups is 1. The maximum Gasteiger partial charge on any atom is 0.253 e. The van der Waals surface area contributed by atoms with Gasteiger partial charge in [-0.05, 0) is 49.2 Å². The van der Waals surface area contributed by atoms with E-state index in [-0.39, 0.29) is 11.9 Å². The van der Waals surface area contributed by atoms with Crippen LogP contribution in [0.15, 0.2) is 48.5 Å². The van der Waals surface area contributed by atoms with Crippen molar-refractivity contribution in [3.63, 3.8) is 0 Å². The number of hydrogen-bond donors (Lipinski definition) is 2. The lowest BCUT2D eigenvalue weighted by atomic mass is 10.0. The van der Waals surface area contributed by atoms with E-state index in [2.05, 4.69) is 10.2 Å². The second-order valence-electron chi connectivity index (χ2n) is 6.48. The van der Waals surface area contributed by atoms with E-state index in [1.165, 1.54) is 0 Å². The van der Waals surface area contributed by atoms with Crippen molar-refractivity contribution in [2.75, 3.05) is 32.0 Å². The van der Waals surface area contributed by atoms with Gasteiger partial charge in [-0.3, -0.25) is 9.69 Å². The SMILES string of the molecule is Nc1ccccc1C(=O)NC1CCN(CCOc2ccc(Cl)cc2)CC1. The van der Waals surface area contributed by atoms with E-state index in [4.69, 9.17) is 22.1 Å². The van der Waals surface area contributed by atoms with Gasteiger partial charge in [-0.2, -0.15) is 0 Å². The molecule has 6 heteroatoms. The molecule has 3 N–H and O–H groups in total. The van der Waals surface area contributed by atoms with Gasteiger partial charge >= 0.3 is 0 Å². The number of anilines is 1. The Balaban J connectivity index is 1.38. The highest BCUT2D eigenvalue weighted by molar-refractivity contribution is 6.30. The molecule has 0 unspecified atom stereocenters. The van der Waals surface area contributed by atoms with E-state index in [1.54, 1.807) is 12.1 Å². The van der Waals surface area contributed by atoms with Crippen molar-refractivity contribution in [1.29, 1.82) is 0 Å². The quantitative estimate of drug-likeness (QED) is 0.763. The molecule has 1 aliphatic rings. The maximum absolute atomic E-state index is 12.3. The number of rotatable bonds is 6. The van der Waals surface area contributed by atoms with Gasteiger partial charge in [0.15, 0.2) is 0 Å². The summed E-state index contributed by atoms with van der Waals surface area (Å²) in [5, 5.41) is 3.80. The van der Waals surface area contributed by atoms with Crippen LogP contribution < -0.4 is 15.8 Å². The van der Waals surface area contributed by atoms with Crippen LogP contribution >= 0.6 is 11.6 Å². The molecule has 1 aliphatic heterocycles. The number of halogens is 1. The lowest BCUT2D eigenvalue weighted by Crippen LogP contribution is -2.45. The third kappa shape index (κ3) is 5.13. The molecule has 1 amide bonds. The molecule has 5 nitrogen and oxygen atoms in total. The zero-order chi connectivity index (χ0) is 18.4. The van der Waals surface area contributed by atoms with Crippen molar-refractivity contribution in [1.82, 2.24) is 10.2 Å². The van der Waals surface area contributed by atoms with E-state index in [0.29, 0.717) is 22.9 Å². The van der Waals surface area contributed by atoms with Crippen molar-refractivity contribution in [2.24, 2.45) is 0 Å². The maximum atomic E-state index is 12.3. The molecule has 0 radical (unpaired) electrons. The molecule has 0 saturated carbocycles. The fraction of sp³-hybridized carbons (Fsp3) is 0.350. The van der Waals surface area contributed by atoms with E-state index >= 15 is 0 Å². The Morgan fingerprint density at radius 2 is 1.85 bits per heavy atom. The van der Waals surface area contributed by atoms with Crippen LogP contribution in [0.4, 0.5) is 5.69 Å². The number of hydrogen-bond acceptors (Lipinski definition) is 4. The number of amides is 1. The van der Waals surface area contributed by atoms with Crippen molar-refractivity contribution in [3.8, 4) is 5.75 Å². The monoisotopic (exact) mass is 373 g/mol. The number of nitrogens with one attached hydrogen (secondary N) is 1. The Bertz CT molecular complexity index is 728. The Hall–Kier alpha value is -2.24. The highest BCUT2D eigenvalue weighted by atomic mass is 35.5. The summed E-state index contributed by atoms with van der Waals surface area (Å²) in [6.45, 7) is 3.40. The molecule has 1 saturated heterocycles. The molecule has 0 bridgehead atoms. The highest BCUT2D eigenvalue weighted by Crippen LogP contribution is 2.16. The largest absolute Gasteiger partial charge is 0.492 e. The summed E-state index contributed by atoms with van der Waals surface area (Å²) in [4.78, 5) is 14.7. The van der Waals surface area contributed by atoms with Gasteiger partial charge in [0.1, 0.15) is 12.4 Å². The van der Waals surface area contributed by atoms with Gasteiger partial charge in [-0.15, -0.1) is 0 Å². The third-order valence-electron chi connectivity index (χ3n) is 4.62. The predicted molar refractivity (Wildman–Crippen MR) is 105 cm³/mol. The Labute approximate surface area is 159 Å². The van der Waals surface area contributed by atoms with Gasteiger partial charge in [0.2, 0.25) is 0 Å². The summed E-state index contributed by atoms with van der Waals surface area (Å²) >= 11 is 5.86. The number of benzene rings is 2. The summed E-state index contributed by atoms with van der Waals surface area (Å²) in [5.41, 5.74) is 6.93. The Morgan fingerprint density at radius 3 is 2.54 bits per heavy atom. The van der Waals surface area contributed by atoms with Crippen LogP contribution in [0, 0.1) is 0 Å². The van der Waals surface area contributed by atoms with Crippen LogP contribution in [0.2, 0.25) is 5.02 Å². The normalized spacial score (nSPS) is 15.6. The van der Waals surface area contributed by atoms with Crippen LogP contribution in [0.1, 0.15) is 23.2 Å². The molecule has 0 atom stereocenters. The molecule has 0 spiro atoms. The number of ether oxygens (including phenoxy) is 1. The first-order valence-electron chi connectivity index (χ1n) is 8.88. The molecule has 26 heavy (non-hydrogen) atoms. The fourth-order valence-electron chi connectivity index (χ4n) is 3.09. The van der Waals surface area contributed by atoms with Crippen molar-refractivity contribution < 1.29 is 9.53 Å². The molecule has 2 aromatic carbocycles. The van der Waals surface area contributed by atoms with E-state index < -0.39 is 0 Å². The number of likely N-dealkylation sites (tertiary alicyclic amines) is 1. The molecular weight excluding hydrogens is 350 g/mol. The van der Waals surface area contributed by atoms with Crippen LogP contribution in [-0.4, -0.2) is 43.1 Å². The molecule has 1 fully saturated rings. The van der Waals surface area contributed by atoms with E-state index in [9.17, 15) is 4.79 Å². The first-order valence-corrected chi connectivity index (χ1v) is 9.26. The summed E-state index contributed by atoms with van der Waals surface area (Å²) in [7, 11) is 0. The number of nitrogen functional groups attached to an aromatic ring is 1. The minimum atomic E-state index is -0.0902. The fourth-order valence-corrected chi connectivity index (χ4v) is 3.22. The van der Waals surface area contributed by atoms with E-state index in [0.717, 1.165) is 38.2 Å². The van der Waals surface area contributed by atoms with Gasteiger partial charge in [-0.25, -0.2) is 0 Å². The summed E-state index contributed by atoms with van der Waals surface area (Å²) in [5.74, 6) is 0.740. The molecule has 138 valence electrons. The molecular formula is C20H24ClN3O2. The number of nitrogens with two attached hydrogens (primary N) is 1. The number of para-hydroxylation sites is 1. The minimum absolute atomic E-state index is 0.0902. The van der Waals surface area contributed by atoms with Gasteiger partial charge < -0.3 is 15.8 Å². The lowest BCUT2D eigenvalue weighted by molar-refractivity contribution is 0.0906. The van der Waals surface area contributed by atoms with Crippen molar-refractivity contribution in [2.45, 2.75) is 18.9 Å². The smallest absolute Gasteiger partial charge is 0.253 e. The molecule has 2 aromatic rings. The third-order valence-corrected chi connectivity index (χ3v) is 4.87. The zero-order valence-electron chi connectivity index (χ0n) is 14.7. The predicted octanol–water partition coefficient (Wildman–Crippen LogP) is 3.20. The minimum Gasteiger partial charge on any atom is -0.492 e. The van der Waals surface area contributed by atoms with Gasteiger partial charge in [0.25, 0.3) is 5.91 Å². The second kappa shape index (κ2) is 8.92. The summed E-state index contributed by atoms with van der Waals surface area (Å²) < 4.78 is 5.74. The molecule has 1 heterocycles. The van der Waals surface area contributed by atoms with Crippen molar-refractivity contribution >= 4 is 23.2 Å². The summed E-state index contributed by atoms with van der Waals surface area (Å²) in [6, 6.07) is 14.8. The van der Waals surface area contributed by atoms with Gasteiger partial charge in [0, 0.05) is 36.4 Å². The van der Waals surface area contributed by atoms with Crippen LogP contribution in [0.3, 0.4) is 0 Å². The lowest BCUT2D eigenvalue weighted by Gasteiger charge is -2.32. The number of piperidine rings is 1. The topological polar surface area (TPSA) is 67.6 Å². The Kier molecular flexibility index (Phi) is 6.36. The first-order chi connectivity index (χ1) is 12.6. The number of carbonyl (C=O) groups excluding carboxylic acids is 1.